The largest absolute Gasteiger partial charge is 0.357 e. The van der Waals surface area contributed by atoms with Gasteiger partial charge in [-0.2, -0.15) is 0 Å². The van der Waals surface area contributed by atoms with E-state index in [1.165, 1.54) is 12.8 Å². The molecule has 2 saturated heterocycles. The maximum Gasteiger partial charge on any atom is 0.254 e. The number of anilines is 1. The van der Waals surface area contributed by atoms with Crippen molar-refractivity contribution in [3.05, 3.63) is 54.0 Å². The molecule has 2 aromatic heterocycles. The van der Waals surface area contributed by atoms with Crippen molar-refractivity contribution >= 4 is 17.5 Å². The zero-order valence-corrected chi connectivity index (χ0v) is 16.1. The molecule has 6 nitrogen and oxygen atoms in total. The number of aromatic nitrogens is 2. The molecule has 6 heteroatoms. The number of likely N-dealkylation sites (tertiary alicyclic amines) is 1. The van der Waals surface area contributed by atoms with Gasteiger partial charge in [0, 0.05) is 62.7 Å². The Labute approximate surface area is 165 Å². The number of carbonyl (C=O) groups is 2. The van der Waals surface area contributed by atoms with E-state index in [1.54, 1.807) is 24.7 Å². The Morgan fingerprint density at radius 3 is 2.39 bits per heavy atom. The van der Waals surface area contributed by atoms with Crippen molar-refractivity contribution in [2.45, 2.75) is 32.1 Å². The Balaban J connectivity index is 1.34. The number of hydrogen-bond acceptors (Lipinski definition) is 5. The third-order valence-electron chi connectivity index (χ3n) is 5.79. The molecule has 0 aromatic carbocycles. The minimum absolute atomic E-state index is 0.0369. The van der Waals surface area contributed by atoms with Crippen LogP contribution in [0.5, 0.6) is 0 Å². The first kappa shape index (κ1) is 18.6. The fraction of sp³-hybridized carbons (Fsp3) is 0.455. The van der Waals surface area contributed by atoms with Crippen LogP contribution in [-0.2, 0) is 11.2 Å². The van der Waals surface area contributed by atoms with Crippen molar-refractivity contribution in [3.8, 4) is 0 Å². The number of amides is 1. The molecule has 28 heavy (non-hydrogen) atoms. The lowest BCUT2D eigenvalue weighted by Gasteiger charge is -2.31. The maximum absolute atomic E-state index is 12.9. The van der Waals surface area contributed by atoms with Gasteiger partial charge in [0.2, 0.25) is 0 Å². The summed E-state index contributed by atoms with van der Waals surface area (Å²) in [7, 11) is 0. The molecule has 4 rings (SSSR count). The summed E-state index contributed by atoms with van der Waals surface area (Å²) in [4.78, 5) is 38.0. The van der Waals surface area contributed by atoms with E-state index in [4.69, 9.17) is 0 Å². The molecule has 2 aliphatic heterocycles. The zero-order chi connectivity index (χ0) is 19.3. The van der Waals surface area contributed by atoms with Gasteiger partial charge >= 0.3 is 0 Å². The highest BCUT2D eigenvalue weighted by atomic mass is 16.2. The van der Waals surface area contributed by atoms with E-state index in [-0.39, 0.29) is 17.6 Å². The molecule has 0 atom stereocenters. The first-order chi connectivity index (χ1) is 13.7. The Hall–Kier alpha value is -2.76. The van der Waals surface area contributed by atoms with E-state index in [1.807, 2.05) is 23.1 Å². The lowest BCUT2D eigenvalue weighted by atomic mass is 9.89. The van der Waals surface area contributed by atoms with Crippen molar-refractivity contribution in [1.29, 1.82) is 0 Å². The zero-order valence-electron chi connectivity index (χ0n) is 16.1. The van der Waals surface area contributed by atoms with E-state index >= 15 is 0 Å². The van der Waals surface area contributed by atoms with Crippen LogP contribution >= 0.6 is 0 Å². The van der Waals surface area contributed by atoms with E-state index < -0.39 is 0 Å². The molecular weight excluding hydrogens is 352 g/mol. The highest BCUT2D eigenvalue weighted by Gasteiger charge is 2.28. The van der Waals surface area contributed by atoms with Crippen LogP contribution in [0, 0.1) is 5.92 Å². The molecule has 0 radical (unpaired) electrons. The van der Waals surface area contributed by atoms with Gasteiger partial charge in [-0.3, -0.25) is 14.6 Å². The summed E-state index contributed by atoms with van der Waals surface area (Å²) in [6.45, 7) is 3.28. The number of piperidine rings is 1. The van der Waals surface area contributed by atoms with Gasteiger partial charge in [0.05, 0.1) is 0 Å². The van der Waals surface area contributed by atoms with Gasteiger partial charge in [0.1, 0.15) is 11.6 Å². The summed E-state index contributed by atoms with van der Waals surface area (Å²) in [5.74, 6) is 1.24. The summed E-state index contributed by atoms with van der Waals surface area (Å²) < 4.78 is 0. The predicted molar refractivity (Wildman–Crippen MR) is 107 cm³/mol. The van der Waals surface area contributed by atoms with Gasteiger partial charge < -0.3 is 9.80 Å². The number of carbonyl (C=O) groups excluding carboxylic acids is 2. The highest BCUT2D eigenvalue weighted by Crippen LogP contribution is 2.23. The Kier molecular flexibility index (Phi) is 5.65. The molecule has 0 saturated carbocycles. The third kappa shape index (κ3) is 4.21. The fourth-order valence-corrected chi connectivity index (χ4v) is 4.10. The van der Waals surface area contributed by atoms with E-state index in [0.29, 0.717) is 25.1 Å². The molecule has 4 heterocycles. The molecule has 0 N–H and O–H groups in total. The van der Waals surface area contributed by atoms with E-state index in [2.05, 4.69) is 14.9 Å². The summed E-state index contributed by atoms with van der Waals surface area (Å²) in [5.41, 5.74) is 1.70. The van der Waals surface area contributed by atoms with E-state index in [0.717, 1.165) is 37.3 Å². The smallest absolute Gasteiger partial charge is 0.254 e. The van der Waals surface area contributed by atoms with Crippen LogP contribution < -0.4 is 4.90 Å². The van der Waals surface area contributed by atoms with Crippen molar-refractivity contribution in [2.24, 2.45) is 5.92 Å². The van der Waals surface area contributed by atoms with Gasteiger partial charge in [0.25, 0.3) is 5.91 Å². The minimum atomic E-state index is 0.0369. The maximum atomic E-state index is 12.9. The quantitative estimate of drug-likeness (QED) is 0.800. The second-order valence-electron chi connectivity index (χ2n) is 7.66. The van der Waals surface area contributed by atoms with Crippen LogP contribution in [0.3, 0.4) is 0 Å². The molecule has 146 valence electrons. The topological polar surface area (TPSA) is 66.4 Å². The fourth-order valence-electron chi connectivity index (χ4n) is 4.10. The van der Waals surface area contributed by atoms with Gasteiger partial charge in [-0.05, 0) is 55.5 Å². The van der Waals surface area contributed by atoms with Gasteiger partial charge in [-0.15, -0.1) is 0 Å². The van der Waals surface area contributed by atoms with Crippen molar-refractivity contribution in [2.75, 3.05) is 31.1 Å². The van der Waals surface area contributed by atoms with Crippen molar-refractivity contribution in [1.82, 2.24) is 14.9 Å². The molecule has 2 aromatic rings. The van der Waals surface area contributed by atoms with Crippen LogP contribution in [0.25, 0.3) is 0 Å². The molecule has 2 aliphatic rings. The second-order valence-corrected chi connectivity index (χ2v) is 7.66. The predicted octanol–water partition coefficient (Wildman–Crippen LogP) is 2.74. The van der Waals surface area contributed by atoms with Crippen LogP contribution in [0.1, 0.15) is 41.6 Å². The summed E-state index contributed by atoms with van der Waals surface area (Å²) in [6.07, 6.45) is 9.45. The van der Waals surface area contributed by atoms with Crippen molar-refractivity contribution < 1.29 is 9.59 Å². The Morgan fingerprint density at radius 1 is 0.964 bits per heavy atom. The number of nitrogens with zero attached hydrogens (tertiary/aromatic N) is 4. The van der Waals surface area contributed by atoms with Crippen LogP contribution in [0.2, 0.25) is 0 Å². The molecular formula is C22H26N4O2. The lowest BCUT2D eigenvalue weighted by Crippen LogP contribution is -2.40. The minimum Gasteiger partial charge on any atom is -0.357 e. The average Bonchev–Trinajstić information content (AvgIpc) is 3.29. The number of Topliss-reactive ketones (excluding diaryl/α,β-unsaturated/α-hetero) is 1. The van der Waals surface area contributed by atoms with Gasteiger partial charge in [-0.1, -0.05) is 0 Å². The van der Waals surface area contributed by atoms with Crippen LogP contribution in [0.4, 0.5) is 5.82 Å². The molecule has 2 fully saturated rings. The van der Waals surface area contributed by atoms with Crippen LogP contribution in [-0.4, -0.2) is 52.7 Å². The Morgan fingerprint density at radius 2 is 1.68 bits per heavy atom. The van der Waals surface area contributed by atoms with Crippen molar-refractivity contribution in [3.63, 3.8) is 0 Å². The SMILES string of the molecule is O=C(Cc1ccncc1)C1CCN(C(=O)c2ccnc(N3CCCC3)c2)CC1. The second kappa shape index (κ2) is 8.50. The summed E-state index contributed by atoms with van der Waals surface area (Å²) in [6, 6.07) is 7.48. The highest BCUT2D eigenvalue weighted by molar-refractivity contribution is 5.95. The number of hydrogen-bond donors (Lipinski definition) is 0. The number of ketones is 1. The van der Waals surface area contributed by atoms with Crippen LogP contribution in [0.15, 0.2) is 42.9 Å². The third-order valence-corrected chi connectivity index (χ3v) is 5.79. The first-order valence-electron chi connectivity index (χ1n) is 10.1. The molecule has 0 aliphatic carbocycles. The molecule has 1 amide bonds. The average molecular weight is 378 g/mol. The number of pyridine rings is 2. The monoisotopic (exact) mass is 378 g/mol. The normalized spacial score (nSPS) is 17.7. The molecule has 0 unspecified atom stereocenters. The standard InChI is InChI=1S/C22H26N4O2/c27-20(15-17-3-8-23-9-4-17)18-6-13-26(14-7-18)22(28)19-5-10-24-21(16-19)25-11-1-2-12-25/h3-5,8-10,16,18H,1-2,6-7,11-15H2. The molecule has 0 spiro atoms. The number of rotatable bonds is 5. The van der Waals surface area contributed by atoms with E-state index in [9.17, 15) is 9.59 Å². The van der Waals surface area contributed by atoms with Gasteiger partial charge in [0.15, 0.2) is 0 Å². The Bertz CT molecular complexity index is 825. The summed E-state index contributed by atoms with van der Waals surface area (Å²) >= 11 is 0. The van der Waals surface area contributed by atoms with Gasteiger partial charge in [-0.25, -0.2) is 4.98 Å². The molecule has 0 bridgehead atoms. The first-order valence-corrected chi connectivity index (χ1v) is 10.1. The summed E-state index contributed by atoms with van der Waals surface area (Å²) in [5, 5.41) is 0. The lowest BCUT2D eigenvalue weighted by molar-refractivity contribution is -0.123.